The van der Waals surface area contributed by atoms with E-state index in [0.717, 1.165) is 36.1 Å². The molecule has 2 nitrogen and oxygen atoms in total. The van der Waals surface area contributed by atoms with Gasteiger partial charge in [-0.25, -0.2) is 0 Å². The normalized spacial score (nSPS) is 17.4. The molecule has 0 fully saturated rings. The molecule has 110 valence electrons. The van der Waals surface area contributed by atoms with Gasteiger partial charge in [-0.05, 0) is 54.7 Å². The van der Waals surface area contributed by atoms with Gasteiger partial charge in [0.05, 0.1) is 6.10 Å². The summed E-state index contributed by atoms with van der Waals surface area (Å²) < 4.78 is 5.79. The smallest absolute Gasteiger partial charge is 0.120 e. The standard InChI is InChI=1S/C17H16Cl2O2/c18-15-4-2-5-16(19)14(15)10-21-12-8-7-11-3-1-6-17(20)13(11)9-12/h2,4-5,7-9,17,20H,1,3,6,10H2. The molecule has 2 aromatic rings. The number of aryl methyl sites for hydroxylation is 1. The van der Waals surface area contributed by atoms with E-state index in [1.54, 1.807) is 12.1 Å². The molecule has 0 bridgehead atoms. The fraction of sp³-hybridized carbons (Fsp3) is 0.294. The van der Waals surface area contributed by atoms with Crippen LogP contribution in [0.25, 0.3) is 0 Å². The molecule has 0 aromatic heterocycles. The molecule has 2 aromatic carbocycles. The lowest BCUT2D eigenvalue weighted by atomic mass is 9.89. The van der Waals surface area contributed by atoms with Gasteiger partial charge in [-0.3, -0.25) is 0 Å². The van der Waals surface area contributed by atoms with Gasteiger partial charge < -0.3 is 9.84 Å². The van der Waals surface area contributed by atoms with Crippen molar-refractivity contribution in [3.8, 4) is 5.75 Å². The van der Waals surface area contributed by atoms with Crippen LogP contribution in [0.15, 0.2) is 36.4 Å². The van der Waals surface area contributed by atoms with Gasteiger partial charge in [-0.2, -0.15) is 0 Å². The van der Waals surface area contributed by atoms with E-state index in [9.17, 15) is 5.11 Å². The van der Waals surface area contributed by atoms with E-state index in [4.69, 9.17) is 27.9 Å². The number of benzene rings is 2. The molecule has 0 aliphatic heterocycles. The number of fused-ring (bicyclic) bond motifs is 1. The van der Waals surface area contributed by atoms with Crippen molar-refractivity contribution in [3.63, 3.8) is 0 Å². The van der Waals surface area contributed by atoms with Crippen molar-refractivity contribution in [2.24, 2.45) is 0 Å². The number of rotatable bonds is 3. The second-order valence-corrected chi connectivity index (χ2v) is 6.07. The summed E-state index contributed by atoms with van der Waals surface area (Å²) in [6.07, 6.45) is 2.47. The zero-order valence-electron chi connectivity index (χ0n) is 11.5. The van der Waals surface area contributed by atoms with Gasteiger partial charge in [0.2, 0.25) is 0 Å². The van der Waals surface area contributed by atoms with Crippen molar-refractivity contribution in [3.05, 3.63) is 63.1 Å². The first-order valence-corrected chi connectivity index (χ1v) is 7.77. The Bertz CT molecular complexity index is 635. The van der Waals surface area contributed by atoms with Gasteiger partial charge in [0.1, 0.15) is 12.4 Å². The number of aliphatic hydroxyl groups excluding tert-OH is 1. The van der Waals surface area contributed by atoms with Crippen molar-refractivity contribution in [2.75, 3.05) is 0 Å². The van der Waals surface area contributed by atoms with Crippen LogP contribution in [0.2, 0.25) is 10.0 Å². The molecule has 0 amide bonds. The quantitative estimate of drug-likeness (QED) is 0.867. The summed E-state index contributed by atoms with van der Waals surface area (Å²) in [5.41, 5.74) is 2.96. The Labute approximate surface area is 134 Å². The van der Waals surface area contributed by atoms with Crippen molar-refractivity contribution in [1.29, 1.82) is 0 Å². The maximum absolute atomic E-state index is 10.1. The van der Waals surface area contributed by atoms with Crippen molar-refractivity contribution in [1.82, 2.24) is 0 Å². The molecule has 1 N–H and O–H groups in total. The first-order chi connectivity index (χ1) is 10.1. The fourth-order valence-corrected chi connectivity index (χ4v) is 3.17. The molecule has 1 aliphatic carbocycles. The Morgan fingerprint density at radius 1 is 1.14 bits per heavy atom. The third-order valence-electron chi connectivity index (χ3n) is 3.84. The van der Waals surface area contributed by atoms with E-state index in [-0.39, 0.29) is 6.10 Å². The zero-order valence-corrected chi connectivity index (χ0v) is 13.0. The molecule has 0 saturated heterocycles. The average molecular weight is 323 g/mol. The first-order valence-electron chi connectivity index (χ1n) is 7.02. The molecule has 3 rings (SSSR count). The summed E-state index contributed by atoms with van der Waals surface area (Å²) in [6.45, 7) is 0.313. The van der Waals surface area contributed by atoms with E-state index in [2.05, 4.69) is 0 Å². The van der Waals surface area contributed by atoms with E-state index in [1.165, 1.54) is 5.56 Å². The summed E-state index contributed by atoms with van der Waals surface area (Å²) in [6, 6.07) is 11.3. The Hall–Kier alpha value is -1.22. The van der Waals surface area contributed by atoms with Crippen LogP contribution in [0.4, 0.5) is 0 Å². The Morgan fingerprint density at radius 2 is 1.90 bits per heavy atom. The number of hydrogen-bond donors (Lipinski definition) is 1. The molecule has 1 atom stereocenters. The molecule has 0 spiro atoms. The molecule has 4 heteroatoms. The van der Waals surface area contributed by atoms with Crippen LogP contribution < -0.4 is 4.74 Å². The highest BCUT2D eigenvalue weighted by molar-refractivity contribution is 6.35. The van der Waals surface area contributed by atoms with Crippen LogP contribution in [0, 0.1) is 0 Å². The van der Waals surface area contributed by atoms with Crippen LogP contribution in [0.1, 0.15) is 35.6 Å². The van der Waals surface area contributed by atoms with Gasteiger partial charge in [0.15, 0.2) is 0 Å². The molecule has 0 radical (unpaired) electrons. The highest BCUT2D eigenvalue weighted by atomic mass is 35.5. The Balaban J connectivity index is 1.78. The van der Waals surface area contributed by atoms with Crippen molar-refractivity contribution >= 4 is 23.2 Å². The number of aliphatic hydroxyl groups is 1. The van der Waals surface area contributed by atoms with E-state index in [1.807, 2.05) is 24.3 Å². The molecular formula is C17H16Cl2O2. The minimum Gasteiger partial charge on any atom is -0.489 e. The fourth-order valence-electron chi connectivity index (χ4n) is 2.67. The lowest BCUT2D eigenvalue weighted by Gasteiger charge is -2.22. The van der Waals surface area contributed by atoms with Gasteiger partial charge in [-0.15, -0.1) is 0 Å². The van der Waals surface area contributed by atoms with Crippen LogP contribution in [0.5, 0.6) is 5.75 Å². The lowest BCUT2D eigenvalue weighted by molar-refractivity contribution is 0.156. The predicted molar refractivity (Wildman–Crippen MR) is 85.1 cm³/mol. The van der Waals surface area contributed by atoms with Gasteiger partial charge in [-0.1, -0.05) is 35.3 Å². The van der Waals surface area contributed by atoms with Gasteiger partial charge >= 0.3 is 0 Å². The van der Waals surface area contributed by atoms with E-state index in [0.29, 0.717) is 16.7 Å². The second kappa shape index (κ2) is 6.27. The zero-order chi connectivity index (χ0) is 14.8. The third kappa shape index (κ3) is 3.18. The summed E-state index contributed by atoms with van der Waals surface area (Å²) in [5.74, 6) is 0.727. The number of halogens is 2. The molecule has 0 heterocycles. The highest BCUT2D eigenvalue weighted by Crippen LogP contribution is 2.33. The number of hydrogen-bond acceptors (Lipinski definition) is 2. The monoisotopic (exact) mass is 322 g/mol. The van der Waals surface area contributed by atoms with E-state index >= 15 is 0 Å². The van der Waals surface area contributed by atoms with Crippen LogP contribution in [-0.4, -0.2) is 5.11 Å². The summed E-state index contributed by atoms with van der Waals surface area (Å²) >= 11 is 12.3. The predicted octanol–water partition coefficient (Wildman–Crippen LogP) is 4.94. The summed E-state index contributed by atoms with van der Waals surface area (Å²) in [7, 11) is 0. The Kier molecular flexibility index (Phi) is 4.39. The topological polar surface area (TPSA) is 29.5 Å². The Morgan fingerprint density at radius 3 is 2.67 bits per heavy atom. The molecular weight excluding hydrogens is 307 g/mol. The lowest BCUT2D eigenvalue weighted by Crippen LogP contribution is -2.09. The van der Waals surface area contributed by atoms with Gasteiger partial charge in [0.25, 0.3) is 0 Å². The molecule has 0 saturated carbocycles. The SMILES string of the molecule is OC1CCCc2ccc(OCc3c(Cl)cccc3Cl)cc21. The maximum atomic E-state index is 10.1. The van der Waals surface area contributed by atoms with Gasteiger partial charge in [0, 0.05) is 15.6 Å². The van der Waals surface area contributed by atoms with Crippen LogP contribution in [0.3, 0.4) is 0 Å². The largest absolute Gasteiger partial charge is 0.489 e. The summed E-state index contributed by atoms with van der Waals surface area (Å²) in [4.78, 5) is 0. The van der Waals surface area contributed by atoms with Crippen molar-refractivity contribution < 1.29 is 9.84 Å². The first kappa shape index (κ1) is 14.7. The van der Waals surface area contributed by atoms with Crippen LogP contribution in [-0.2, 0) is 13.0 Å². The average Bonchev–Trinajstić information content (AvgIpc) is 2.47. The van der Waals surface area contributed by atoms with Crippen LogP contribution >= 0.6 is 23.2 Å². The number of ether oxygens (including phenoxy) is 1. The maximum Gasteiger partial charge on any atom is 0.120 e. The minimum absolute atomic E-state index is 0.313. The molecule has 1 aliphatic rings. The highest BCUT2D eigenvalue weighted by Gasteiger charge is 2.18. The summed E-state index contributed by atoms with van der Waals surface area (Å²) in [5, 5.41) is 11.3. The molecule has 21 heavy (non-hydrogen) atoms. The van der Waals surface area contributed by atoms with Crippen molar-refractivity contribution in [2.45, 2.75) is 32.0 Å². The third-order valence-corrected chi connectivity index (χ3v) is 4.55. The minimum atomic E-state index is -0.388. The van der Waals surface area contributed by atoms with E-state index < -0.39 is 0 Å². The second-order valence-electron chi connectivity index (χ2n) is 5.26. The molecule has 1 unspecified atom stereocenters.